The fraction of sp³-hybridized carbons (Fsp3) is 0.636. The van der Waals surface area contributed by atoms with Gasteiger partial charge >= 0.3 is 0 Å². The Balaban J connectivity index is 2.49. The van der Waals surface area contributed by atoms with E-state index in [2.05, 4.69) is 0 Å². The lowest BCUT2D eigenvalue weighted by Crippen LogP contribution is -2.12. The number of hydrogen-bond acceptors (Lipinski definition) is 14. The van der Waals surface area contributed by atoms with Gasteiger partial charge in [-0.05, 0) is 25.7 Å². The van der Waals surface area contributed by atoms with Gasteiger partial charge in [0.1, 0.15) is 0 Å². The number of hydrogen-bond donors (Lipinski definition) is 2. The molecule has 2 aromatic carbocycles. The van der Waals surface area contributed by atoms with Gasteiger partial charge in [0.15, 0.2) is 73.2 Å². The maximum absolute atomic E-state index is 9.82. The Morgan fingerprint density at radius 1 is 0.340 bits per heavy atom. The van der Waals surface area contributed by atoms with E-state index in [4.69, 9.17) is 56.8 Å². The lowest BCUT2D eigenvalue weighted by atomic mass is 9.96. The first-order valence-corrected chi connectivity index (χ1v) is 15.3. The van der Waals surface area contributed by atoms with Gasteiger partial charge in [-0.15, -0.1) is 0 Å². The molecule has 268 valence electrons. The summed E-state index contributed by atoms with van der Waals surface area (Å²) in [7, 11) is 12.3. The second kappa shape index (κ2) is 22.2. The predicted octanol–water partition coefficient (Wildman–Crippen LogP) is 3.68. The van der Waals surface area contributed by atoms with Gasteiger partial charge in [0.2, 0.25) is 0 Å². The number of ether oxygens (including phenoxy) is 12. The number of aliphatic hydroxyl groups is 2. The fourth-order valence-electron chi connectivity index (χ4n) is 5.37. The average molecular weight is 673 g/mol. The van der Waals surface area contributed by atoms with Crippen molar-refractivity contribution in [3.63, 3.8) is 0 Å². The molecule has 0 atom stereocenters. The lowest BCUT2D eigenvalue weighted by Gasteiger charge is -2.25. The molecule has 0 amide bonds. The predicted molar refractivity (Wildman–Crippen MR) is 172 cm³/mol. The zero-order chi connectivity index (χ0) is 34.6. The Morgan fingerprint density at radius 2 is 0.596 bits per heavy atom. The summed E-state index contributed by atoms with van der Waals surface area (Å²) in [5.74, 6) is 3.56. The van der Waals surface area contributed by atoms with Crippen molar-refractivity contribution in [2.75, 3.05) is 97.3 Å². The first kappa shape index (κ1) is 39.8. The topological polar surface area (TPSA) is 151 Å². The Bertz CT molecular complexity index is 1110. The van der Waals surface area contributed by atoms with Crippen LogP contribution < -0.4 is 37.9 Å². The van der Waals surface area contributed by atoms with Crippen LogP contribution in [0.1, 0.15) is 41.5 Å². The molecule has 0 aliphatic heterocycles. The van der Waals surface area contributed by atoms with E-state index < -0.39 is 0 Å². The van der Waals surface area contributed by atoms with Crippen molar-refractivity contribution in [1.29, 1.82) is 0 Å². The van der Waals surface area contributed by atoms with Gasteiger partial charge < -0.3 is 67.1 Å². The van der Waals surface area contributed by atoms with Crippen LogP contribution in [-0.2, 0) is 44.6 Å². The van der Waals surface area contributed by atoms with Gasteiger partial charge in [0.25, 0.3) is 0 Å². The van der Waals surface area contributed by atoms with Crippen molar-refractivity contribution in [3.05, 3.63) is 22.3 Å². The molecule has 0 aromatic heterocycles. The van der Waals surface area contributed by atoms with Gasteiger partial charge in [0.05, 0.1) is 28.4 Å². The normalized spacial score (nSPS) is 10.9. The van der Waals surface area contributed by atoms with Gasteiger partial charge in [-0.25, -0.2) is 0 Å². The smallest absolute Gasteiger partial charge is 0.188 e. The number of benzene rings is 2. The highest BCUT2D eigenvalue weighted by atomic mass is 16.7. The standard InChI is InChI=1S/C33H52O14/c1-36-18-44-30-22(26(40-5)32(46-20-38-3)24(14-16-34)28(30)42-7)12-10-9-11-13-23-27(41-6)33(47-21-39-4)25(15-17-35)29(43-8)31(23)45-19-37-2/h34-35H,9-21H2,1-8H3. The van der Waals surface area contributed by atoms with Gasteiger partial charge in [0, 0.05) is 76.7 Å². The van der Waals surface area contributed by atoms with Crippen molar-refractivity contribution in [1.82, 2.24) is 0 Å². The summed E-state index contributed by atoms with van der Waals surface area (Å²) < 4.78 is 67.9. The van der Waals surface area contributed by atoms with E-state index in [1.54, 1.807) is 14.2 Å². The Labute approximate surface area is 277 Å². The maximum Gasteiger partial charge on any atom is 0.188 e. The summed E-state index contributed by atoms with van der Waals surface area (Å²) >= 11 is 0. The molecule has 0 aliphatic carbocycles. The number of methoxy groups -OCH3 is 8. The van der Waals surface area contributed by atoms with Crippen LogP contribution in [0.3, 0.4) is 0 Å². The molecule has 0 radical (unpaired) electrons. The lowest BCUT2D eigenvalue weighted by molar-refractivity contribution is 0.0435. The molecule has 0 spiro atoms. The zero-order valence-corrected chi connectivity index (χ0v) is 29.0. The van der Waals surface area contributed by atoms with Crippen LogP contribution >= 0.6 is 0 Å². The van der Waals surface area contributed by atoms with E-state index in [0.29, 0.717) is 70.0 Å². The molecule has 0 heterocycles. The third-order valence-electron chi connectivity index (χ3n) is 7.20. The Morgan fingerprint density at radius 3 is 0.809 bits per heavy atom. The van der Waals surface area contributed by atoms with Crippen molar-refractivity contribution >= 4 is 0 Å². The van der Waals surface area contributed by atoms with Crippen LogP contribution in [0.5, 0.6) is 46.0 Å². The van der Waals surface area contributed by atoms with Gasteiger partial charge in [-0.3, -0.25) is 0 Å². The molecule has 2 N–H and O–H groups in total. The molecule has 0 bridgehead atoms. The molecule has 14 nitrogen and oxygen atoms in total. The van der Waals surface area contributed by atoms with Crippen LogP contribution in [-0.4, -0.2) is 107 Å². The SMILES string of the molecule is COCOc1c(CCO)c(OC)c(OCOC)c(CCCCCc2c(OC)c(OCOC)c(CCO)c(OC)c2OCOC)c1OC. The zero-order valence-electron chi connectivity index (χ0n) is 29.0. The first-order valence-electron chi connectivity index (χ1n) is 15.3. The van der Waals surface area contributed by atoms with Crippen molar-refractivity contribution in [2.45, 2.75) is 44.9 Å². The van der Waals surface area contributed by atoms with Gasteiger partial charge in [-0.1, -0.05) is 6.42 Å². The molecule has 0 saturated carbocycles. The Kier molecular flexibility index (Phi) is 18.8. The summed E-state index contributed by atoms with van der Waals surface area (Å²) in [5.41, 5.74) is 2.67. The monoisotopic (exact) mass is 672 g/mol. The van der Waals surface area contributed by atoms with E-state index >= 15 is 0 Å². The molecule has 0 fully saturated rings. The van der Waals surface area contributed by atoms with Crippen molar-refractivity contribution in [2.24, 2.45) is 0 Å². The van der Waals surface area contributed by atoms with Crippen LogP contribution in [0.25, 0.3) is 0 Å². The molecule has 47 heavy (non-hydrogen) atoms. The third kappa shape index (κ3) is 10.3. The summed E-state index contributed by atoms with van der Waals surface area (Å²) in [5, 5.41) is 19.6. The molecule has 0 unspecified atom stereocenters. The van der Waals surface area contributed by atoms with Crippen LogP contribution in [0.2, 0.25) is 0 Å². The largest absolute Gasteiger partial charge is 0.492 e. The van der Waals surface area contributed by atoms with E-state index in [1.807, 2.05) is 0 Å². The molecular weight excluding hydrogens is 620 g/mol. The summed E-state index contributed by atoms with van der Waals surface area (Å²) in [6, 6.07) is 0. The Hall–Kier alpha value is -3.40. The molecular formula is C33H52O14. The third-order valence-corrected chi connectivity index (χ3v) is 7.20. The van der Waals surface area contributed by atoms with E-state index in [1.165, 1.54) is 42.7 Å². The van der Waals surface area contributed by atoms with E-state index in [9.17, 15) is 10.2 Å². The molecule has 0 saturated heterocycles. The minimum atomic E-state index is -0.143. The first-order chi connectivity index (χ1) is 23.0. The average Bonchev–Trinajstić information content (AvgIpc) is 3.08. The highest BCUT2D eigenvalue weighted by Gasteiger charge is 2.29. The van der Waals surface area contributed by atoms with E-state index in [0.717, 1.165) is 30.4 Å². The number of rotatable bonds is 26. The number of aliphatic hydroxyl groups excluding tert-OH is 2. The van der Waals surface area contributed by atoms with Crippen LogP contribution in [0.15, 0.2) is 0 Å². The molecule has 2 aromatic rings. The molecule has 2 rings (SSSR count). The van der Waals surface area contributed by atoms with Crippen LogP contribution in [0, 0.1) is 0 Å². The quantitative estimate of drug-likeness (QED) is 0.110. The van der Waals surface area contributed by atoms with E-state index in [-0.39, 0.29) is 53.2 Å². The summed E-state index contributed by atoms with van der Waals surface area (Å²) in [6.45, 7) is -0.377. The minimum absolute atomic E-state index is 0.0189. The molecule has 0 aliphatic rings. The molecule has 14 heteroatoms. The number of unbranched alkanes of at least 4 members (excludes halogenated alkanes) is 2. The van der Waals surface area contributed by atoms with Crippen LogP contribution in [0.4, 0.5) is 0 Å². The van der Waals surface area contributed by atoms with Crippen molar-refractivity contribution < 1.29 is 67.1 Å². The fourth-order valence-corrected chi connectivity index (χ4v) is 5.37. The highest BCUT2D eigenvalue weighted by Crippen LogP contribution is 2.51. The van der Waals surface area contributed by atoms with Crippen molar-refractivity contribution in [3.8, 4) is 46.0 Å². The maximum atomic E-state index is 9.82. The second-order valence-electron chi connectivity index (χ2n) is 10.1. The summed E-state index contributed by atoms with van der Waals surface area (Å²) in [4.78, 5) is 0. The summed E-state index contributed by atoms with van der Waals surface area (Å²) in [6.07, 6.45) is 3.83. The van der Waals surface area contributed by atoms with Gasteiger partial charge in [-0.2, -0.15) is 0 Å². The highest BCUT2D eigenvalue weighted by molar-refractivity contribution is 5.68. The minimum Gasteiger partial charge on any atom is -0.492 e. The second-order valence-corrected chi connectivity index (χ2v) is 10.1.